The van der Waals surface area contributed by atoms with Gasteiger partial charge in [0.2, 0.25) is 0 Å². The van der Waals surface area contributed by atoms with Gasteiger partial charge in [0.25, 0.3) is 0 Å². The van der Waals surface area contributed by atoms with Gasteiger partial charge in [0.05, 0.1) is 18.4 Å². The number of rotatable bonds is 2. The average Bonchev–Trinajstić information content (AvgIpc) is 2.89. The van der Waals surface area contributed by atoms with Crippen molar-refractivity contribution >= 4 is 11.8 Å². The number of amides is 2. The summed E-state index contributed by atoms with van der Waals surface area (Å²) < 4.78 is 7.22. The van der Waals surface area contributed by atoms with E-state index >= 15 is 0 Å². The highest BCUT2D eigenvalue weighted by atomic mass is 16.5. The number of ether oxygens (including phenoxy) is 1. The Labute approximate surface area is 129 Å². The average molecular weight is 300 g/mol. The molecule has 1 aliphatic heterocycles. The van der Waals surface area contributed by atoms with Crippen LogP contribution in [0.3, 0.4) is 0 Å². The number of para-hydroxylation sites is 1. The van der Waals surface area contributed by atoms with E-state index in [1.807, 2.05) is 50.4 Å². The molecule has 3 rings (SSSR count). The highest BCUT2D eigenvalue weighted by Crippen LogP contribution is 2.16. The highest BCUT2D eigenvalue weighted by Gasteiger charge is 2.22. The minimum absolute atomic E-state index is 0.0717. The number of benzene rings is 1. The molecule has 0 bridgehead atoms. The van der Waals surface area contributed by atoms with Crippen molar-refractivity contribution in [1.29, 1.82) is 0 Å². The Balaban J connectivity index is 1.73. The van der Waals surface area contributed by atoms with Gasteiger partial charge >= 0.3 is 6.03 Å². The van der Waals surface area contributed by atoms with Crippen LogP contribution in [0.5, 0.6) is 0 Å². The molecule has 6 nitrogen and oxygen atoms in total. The fourth-order valence-corrected chi connectivity index (χ4v) is 2.48. The van der Waals surface area contributed by atoms with Gasteiger partial charge in [-0.1, -0.05) is 18.2 Å². The largest absolute Gasteiger partial charge is 0.375 e. The van der Waals surface area contributed by atoms with Crippen LogP contribution < -0.4 is 5.32 Å². The second-order valence-corrected chi connectivity index (χ2v) is 5.50. The van der Waals surface area contributed by atoms with Gasteiger partial charge in [-0.15, -0.1) is 5.10 Å². The fourth-order valence-electron chi connectivity index (χ4n) is 2.48. The topological polar surface area (TPSA) is 59.4 Å². The van der Waals surface area contributed by atoms with Crippen LogP contribution in [0.25, 0.3) is 5.69 Å². The Bertz CT molecular complexity index is 653. The van der Waals surface area contributed by atoms with Crippen molar-refractivity contribution in [3.63, 3.8) is 0 Å². The van der Waals surface area contributed by atoms with E-state index in [1.54, 1.807) is 9.58 Å². The first-order valence-electron chi connectivity index (χ1n) is 7.42. The molecule has 1 N–H and O–H groups in total. The lowest BCUT2D eigenvalue weighted by molar-refractivity contribution is -0.00139. The Morgan fingerprint density at radius 2 is 2.14 bits per heavy atom. The molecule has 1 aliphatic rings. The first-order chi connectivity index (χ1) is 10.6. The number of nitrogens with one attached hydrogen (secondary N) is 1. The summed E-state index contributed by atoms with van der Waals surface area (Å²) in [5, 5.41) is 7.35. The van der Waals surface area contributed by atoms with Gasteiger partial charge in [-0.3, -0.25) is 5.32 Å². The van der Waals surface area contributed by atoms with Gasteiger partial charge in [0.1, 0.15) is 0 Å². The van der Waals surface area contributed by atoms with Crippen LogP contribution in [-0.2, 0) is 4.74 Å². The van der Waals surface area contributed by atoms with Crippen molar-refractivity contribution in [2.24, 2.45) is 0 Å². The van der Waals surface area contributed by atoms with Gasteiger partial charge < -0.3 is 9.64 Å². The molecule has 1 saturated heterocycles. The lowest BCUT2D eigenvalue weighted by Crippen LogP contribution is -2.46. The maximum Gasteiger partial charge on any atom is 0.323 e. The quantitative estimate of drug-likeness (QED) is 0.926. The zero-order valence-electron chi connectivity index (χ0n) is 12.8. The van der Waals surface area contributed by atoms with Crippen LogP contribution in [0.1, 0.15) is 12.5 Å². The van der Waals surface area contributed by atoms with Crippen LogP contribution in [0.15, 0.2) is 36.5 Å². The summed E-state index contributed by atoms with van der Waals surface area (Å²) in [4.78, 5) is 14.1. The van der Waals surface area contributed by atoms with Crippen molar-refractivity contribution < 1.29 is 9.53 Å². The van der Waals surface area contributed by atoms with Gasteiger partial charge in [0, 0.05) is 24.8 Å². The molecule has 1 fully saturated rings. The molecule has 0 saturated carbocycles. The van der Waals surface area contributed by atoms with E-state index in [1.165, 1.54) is 0 Å². The Hall–Kier alpha value is -2.34. The van der Waals surface area contributed by atoms with Crippen molar-refractivity contribution in [2.45, 2.75) is 20.0 Å². The molecule has 2 heterocycles. The number of nitrogens with zero attached hydrogens (tertiary/aromatic N) is 3. The molecule has 22 heavy (non-hydrogen) atoms. The molecule has 0 unspecified atom stereocenters. The molecule has 116 valence electrons. The molecule has 1 aromatic heterocycles. The summed E-state index contributed by atoms with van der Waals surface area (Å²) in [7, 11) is 0. The van der Waals surface area contributed by atoms with Crippen molar-refractivity contribution in [3.05, 3.63) is 42.1 Å². The lowest BCUT2D eigenvalue weighted by atomic mass is 10.3. The number of carbonyl (C=O) groups excluding carboxylic acids is 1. The summed E-state index contributed by atoms with van der Waals surface area (Å²) in [6, 6.07) is 9.70. The van der Waals surface area contributed by atoms with Crippen LogP contribution in [-0.4, -0.2) is 46.5 Å². The van der Waals surface area contributed by atoms with Crippen LogP contribution in [0, 0.1) is 6.92 Å². The van der Waals surface area contributed by atoms with Gasteiger partial charge in [-0.05, 0) is 26.0 Å². The predicted molar refractivity (Wildman–Crippen MR) is 84.3 cm³/mol. The molecular weight excluding hydrogens is 280 g/mol. The van der Waals surface area contributed by atoms with Gasteiger partial charge in [0.15, 0.2) is 5.82 Å². The maximum absolute atomic E-state index is 12.3. The molecule has 6 heteroatoms. The summed E-state index contributed by atoms with van der Waals surface area (Å²) >= 11 is 0. The molecule has 0 spiro atoms. The van der Waals surface area contributed by atoms with Crippen molar-refractivity contribution in [3.8, 4) is 5.69 Å². The van der Waals surface area contributed by atoms with E-state index in [-0.39, 0.29) is 12.1 Å². The third-order valence-corrected chi connectivity index (χ3v) is 3.67. The summed E-state index contributed by atoms with van der Waals surface area (Å²) in [5.74, 6) is 0.591. The number of hydrogen-bond donors (Lipinski definition) is 1. The zero-order valence-corrected chi connectivity index (χ0v) is 12.8. The third-order valence-electron chi connectivity index (χ3n) is 3.67. The normalized spacial score (nSPS) is 18.3. The second-order valence-electron chi connectivity index (χ2n) is 5.50. The zero-order chi connectivity index (χ0) is 15.5. The number of aryl methyl sites for hydroxylation is 1. The van der Waals surface area contributed by atoms with E-state index in [2.05, 4.69) is 10.4 Å². The Kier molecular flexibility index (Phi) is 4.11. The fraction of sp³-hybridized carbons (Fsp3) is 0.375. The minimum atomic E-state index is -0.128. The van der Waals surface area contributed by atoms with E-state index in [4.69, 9.17) is 4.74 Å². The summed E-state index contributed by atoms with van der Waals surface area (Å²) in [5.41, 5.74) is 1.89. The van der Waals surface area contributed by atoms with Gasteiger partial charge in [-0.25, -0.2) is 9.48 Å². The molecule has 2 aromatic rings. The predicted octanol–water partition coefficient (Wildman–Crippen LogP) is 2.43. The smallest absolute Gasteiger partial charge is 0.323 e. The van der Waals surface area contributed by atoms with Crippen LogP contribution in [0.2, 0.25) is 0 Å². The summed E-state index contributed by atoms with van der Waals surface area (Å²) in [6.45, 7) is 5.68. The minimum Gasteiger partial charge on any atom is -0.375 e. The number of morpholine rings is 1. The van der Waals surface area contributed by atoms with E-state index in [0.717, 1.165) is 11.3 Å². The highest BCUT2D eigenvalue weighted by molar-refractivity contribution is 5.89. The number of aromatic nitrogens is 2. The van der Waals surface area contributed by atoms with E-state index in [0.29, 0.717) is 25.5 Å². The van der Waals surface area contributed by atoms with Crippen LogP contribution >= 0.6 is 0 Å². The first-order valence-corrected chi connectivity index (χ1v) is 7.42. The monoisotopic (exact) mass is 300 g/mol. The van der Waals surface area contributed by atoms with Crippen molar-refractivity contribution in [2.75, 3.05) is 25.0 Å². The standard InChI is InChI=1S/C16H20N4O2/c1-12-10-20(14-6-4-3-5-7-14)18-15(12)17-16(21)19-8-9-22-13(2)11-19/h3-7,10,13H,8-9,11H2,1-2H3,(H,17,18,21)/t13-/m1/s1. The SMILES string of the molecule is Cc1cn(-c2ccccc2)nc1NC(=O)N1CCO[C@H](C)C1. The second kappa shape index (κ2) is 6.19. The van der Waals surface area contributed by atoms with Crippen LogP contribution in [0.4, 0.5) is 10.6 Å². The van der Waals surface area contributed by atoms with Crippen molar-refractivity contribution in [1.82, 2.24) is 14.7 Å². The molecular formula is C16H20N4O2. The third kappa shape index (κ3) is 3.12. The maximum atomic E-state index is 12.3. The van der Waals surface area contributed by atoms with E-state index < -0.39 is 0 Å². The molecule has 1 atom stereocenters. The summed E-state index contributed by atoms with van der Waals surface area (Å²) in [6.07, 6.45) is 1.98. The number of hydrogen-bond acceptors (Lipinski definition) is 3. The first kappa shape index (κ1) is 14.6. The lowest BCUT2D eigenvalue weighted by Gasteiger charge is -2.30. The van der Waals surface area contributed by atoms with Gasteiger partial charge in [-0.2, -0.15) is 0 Å². The molecule has 1 aromatic carbocycles. The number of carbonyl (C=O) groups is 1. The molecule has 2 amide bonds. The Morgan fingerprint density at radius 3 is 2.86 bits per heavy atom. The Morgan fingerprint density at radius 1 is 1.36 bits per heavy atom. The molecule has 0 radical (unpaired) electrons. The number of urea groups is 1. The van der Waals surface area contributed by atoms with E-state index in [9.17, 15) is 4.79 Å². The number of anilines is 1. The molecule has 0 aliphatic carbocycles.